The average Bonchev–Trinajstić information content (AvgIpc) is 2.41. The van der Waals surface area contributed by atoms with Crippen LogP contribution in [0.2, 0.25) is 0 Å². The molecule has 1 saturated heterocycles. The third-order valence-corrected chi connectivity index (χ3v) is 2.70. The van der Waals surface area contributed by atoms with Crippen LogP contribution in [-0.2, 0) is 16.0 Å². The van der Waals surface area contributed by atoms with Crippen molar-refractivity contribution < 1.29 is 9.53 Å². The van der Waals surface area contributed by atoms with Crippen LogP contribution in [0.3, 0.4) is 0 Å². The standard InChI is InChI=1S/C12H17N3O2/c16-12(11-9-17-8-7-14-11)15-6-3-10-1-4-13-5-2-10/h1-2,4-5,11,14H,3,6-9H2,(H,15,16)/t11-/m0/s1. The van der Waals surface area contributed by atoms with Crippen LogP contribution in [0.1, 0.15) is 5.56 Å². The van der Waals surface area contributed by atoms with Gasteiger partial charge in [0, 0.05) is 25.5 Å². The third kappa shape index (κ3) is 3.80. The summed E-state index contributed by atoms with van der Waals surface area (Å²) >= 11 is 0. The van der Waals surface area contributed by atoms with E-state index < -0.39 is 0 Å². The predicted molar refractivity (Wildman–Crippen MR) is 63.6 cm³/mol. The van der Waals surface area contributed by atoms with Crippen LogP contribution in [0.25, 0.3) is 0 Å². The summed E-state index contributed by atoms with van der Waals surface area (Å²) in [5.41, 5.74) is 1.17. The number of nitrogens with one attached hydrogen (secondary N) is 2. The number of amides is 1. The lowest BCUT2D eigenvalue weighted by Gasteiger charge is -2.22. The van der Waals surface area contributed by atoms with Crippen molar-refractivity contribution in [1.29, 1.82) is 0 Å². The minimum absolute atomic E-state index is 0.0127. The topological polar surface area (TPSA) is 63.2 Å². The van der Waals surface area contributed by atoms with E-state index in [0.29, 0.717) is 19.8 Å². The second-order valence-corrected chi connectivity index (χ2v) is 3.98. The molecule has 1 aromatic rings. The summed E-state index contributed by atoms with van der Waals surface area (Å²) < 4.78 is 5.24. The highest BCUT2D eigenvalue weighted by Crippen LogP contribution is 1.97. The lowest BCUT2D eigenvalue weighted by Crippen LogP contribution is -2.51. The van der Waals surface area contributed by atoms with E-state index in [1.165, 1.54) is 5.56 Å². The monoisotopic (exact) mass is 235 g/mol. The Labute approximate surface area is 101 Å². The van der Waals surface area contributed by atoms with E-state index in [0.717, 1.165) is 13.0 Å². The van der Waals surface area contributed by atoms with Gasteiger partial charge in [-0.25, -0.2) is 0 Å². The van der Waals surface area contributed by atoms with Gasteiger partial charge < -0.3 is 15.4 Å². The van der Waals surface area contributed by atoms with E-state index in [9.17, 15) is 4.79 Å². The Kier molecular flexibility index (Phi) is 4.46. The largest absolute Gasteiger partial charge is 0.378 e. The number of morpholine rings is 1. The lowest BCUT2D eigenvalue weighted by molar-refractivity contribution is -0.125. The van der Waals surface area contributed by atoms with Gasteiger partial charge >= 0.3 is 0 Å². The van der Waals surface area contributed by atoms with E-state index in [2.05, 4.69) is 15.6 Å². The molecule has 1 atom stereocenters. The number of aromatic nitrogens is 1. The highest BCUT2D eigenvalue weighted by Gasteiger charge is 2.20. The van der Waals surface area contributed by atoms with Gasteiger partial charge in [0.05, 0.1) is 13.2 Å². The molecule has 2 N–H and O–H groups in total. The first kappa shape index (κ1) is 12.0. The number of carbonyl (C=O) groups excluding carboxylic acids is 1. The van der Waals surface area contributed by atoms with Gasteiger partial charge in [-0.15, -0.1) is 0 Å². The van der Waals surface area contributed by atoms with Gasteiger partial charge in [0.2, 0.25) is 5.91 Å². The minimum atomic E-state index is -0.207. The number of carbonyl (C=O) groups is 1. The highest BCUT2D eigenvalue weighted by atomic mass is 16.5. The molecule has 0 bridgehead atoms. The molecule has 1 aliphatic rings. The van der Waals surface area contributed by atoms with Crippen LogP contribution < -0.4 is 10.6 Å². The first-order valence-electron chi connectivity index (χ1n) is 5.84. The second-order valence-electron chi connectivity index (χ2n) is 3.98. The zero-order valence-electron chi connectivity index (χ0n) is 9.69. The SMILES string of the molecule is O=C(NCCc1ccncc1)[C@@H]1COCCN1. The Morgan fingerprint density at radius 2 is 2.35 bits per heavy atom. The molecule has 1 fully saturated rings. The van der Waals surface area contributed by atoms with Crippen molar-refractivity contribution in [2.24, 2.45) is 0 Å². The lowest BCUT2D eigenvalue weighted by atomic mass is 10.2. The minimum Gasteiger partial charge on any atom is -0.378 e. The maximum atomic E-state index is 11.7. The van der Waals surface area contributed by atoms with Crippen molar-refractivity contribution in [2.75, 3.05) is 26.3 Å². The van der Waals surface area contributed by atoms with Crippen LogP contribution >= 0.6 is 0 Å². The fourth-order valence-electron chi connectivity index (χ4n) is 1.74. The molecule has 0 unspecified atom stereocenters. The fourth-order valence-corrected chi connectivity index (χ4v) is 1.74. The predicted octanol–water partition coefficient (Wildman–Crippen LogP) is -0.271. The summed E-state index contributed by atoms with van der Waals surface area (Å²) in [5.74, 6) is 0.0127. The molecular weight excluding hydrogens is 218 g/mol. The van der Waals surface area contributed by atoms with Crippen LogP contribution in [0.15, 0.2) is 24.5 Å². The third-order valence-electron chi connectivity index (χ3n) is 2.70. The quantitative estimate of drug-likeness (QED) is 0.754. The molecule has 2 heterocycles. The molecular formula is C12H17N3O2. The van der Waals surface area contributed by atoms with Crippen molar-refractivity contribution in [3.8, 4) is 0 Å². The molecule has 17 heavy (non-hydrogen) atoms. The number of hydrogen-bond donors (Lipinski definition) is 2. The van der Waals surface area contributed by atoms with Crippen LogP contribution in [-0.4, -0.2) is 43.2 Å². The molecule has 1 aliphatic heterocycles. The first-order valence-corrected chi connectivity index (χ1v) is 5.84. The maximum Gasteiger partial charge on any atom is 0.239 e. The Balaban J connectivity index is 1.69. The number of ether oxygens (including phenoxy) is 1. The summed E-state index contributed by atoms with van der Waals surface area (Å²) in [5, 5.41) is 6.02. The molecule has 0 radical (unpaired) electrons. The molecule has 0 aromatic carbocycles. The van der Waals surface area contributed by atoms with Crippen molar-refractivity contribution in [2.45, 2.75) is 12.5 Å². The average molecular weight is 235 g/mol. The number of hydrogen-bond acceptors (Lipinski definition) is 4. The molecule has 0 spiro atoms. The van der Waals surface area contributed by atoms with Crippen LogP contribution in [0, 0.1) is 0 Å². The fraction of sp³-hybridized carbons (Fsp3) is 0.500. The van der Waals surface area contributed by atoms with E-state index in [1.807, 2.05) is 12.1 Å². The van der Waals surface area contributed by atoms with Crippen LogP contribution in [0.5, 0.6) is 0 Å². The van der Waals surface area contributed by atoms with Gasteiger partial charge in [-0.3, -0.25) is 9.78 Å². The molecule has 92 valence electrons. The Hall–Kier alpha value is -1.46. The normalized spacial score (nSPS) is 19.9. The molecule has 1 amide bonds. The first-order chi connectivity index (χ1) is 8.36. The molecule has 5 heteroatoms. The van der Waals surface area contributed by atoms with Gasteiger partial charge in [-0.1, -0.05) is 0 Å². The van der Waals surface area contributed by atoms with Gasteiger partial charge in [0.1, 0.15) is 6.04 Å². The van der Waals surface area contributed by atoms with E-state index >= 15 is 0 Å². The summed E-state index contributed by atoms with van der Waals surface area (Å²) in [7, 11) is 0. The van der Waals surface area contributed by atoms with Gasteiger partial charge in [-0.2, -0.15) is 0 Å². The summed E-state index contributed by atoms with van der Waals surface area (Å²) in [6.07, 6.45) is 4.34. The van der Waals surface area contributed by atoms with Crippen molar-refractivity contribution >= 4 is 5.91 Å². The number of rotatable bonds is 4. The zero-order chi connectivity index (χ0) is 11.9. The smallest absolute Gasteiger partial charge is 0.239 e. The molecule has 1 aromatic heterocycles. The maximum absolute atomic E-state index is 11.7. The zero-order valence-corrected chi connectivity index (χ0v) is 9.69. The molecule has 5 nitrogen and oxygen atoms in total. The van der Waals surface area contributed by atoms with Crippen molar-refractivity contribution in [3.05, 3.63) is 30.1 Å². The van der Waals surface area contributed by atoms with Gasteiger partial charge in [0.25, 0.3) is 0 Å². The van der Waals surface area contributed by atoms with Crippen molar-refractivity contribution in [1.82, 2.24) is 15.6 Å². The second kappa shape index (κ2) is 6.32. The number of nitrogens with zero attached hydrogens (tertiary/aromatic N) is 1. The molecule has 0 saturated carbocycles. The van der Waals surface area contributed by atoms with E-state index in [-0.39, 0.29) is 11.9 Å². The van der Waals surface area contributed by atoms with Crippen molar-refractivity contribution in [3.63, 3.8) is 0 Å². The van der Waals surface area contributed by atoms with E-state index in [1.54, 1.807) is 12.4 Å². The molecule has 0 aliphatic carbocycles. The Bertz CT molecular complexity index is 350. The number of pyridine rings is 1. The summed E-state index contributed by atoms with van der Waals surface area (Å²) in [6.45, 7) is 2.52. The Morgan fingerprint density at radius 3 is 3.06 bits per heavy atom. The summed E-state index contributed by atoms with van der Waals surface area (Å²) in [4.78, 5) is 15.7. The van der Waals surface area contributed by atoms with Crippen LogP contribution in [0.4, 0.5) is 0 Å². The van der Waals surface area contributed by atoms with E-state index in [4.69, 9.17) is 4.74 Å². The Morgan fingerprint density at radius 1 is 1.53 bits per heavy atom. The summed E-state index contributed by atoms with van der Waals surface area (Å²) in [6, 6.07) is 3.70. The highest BCUT2D eigenvalue weighted by molar-refractivity contribution is 5.81. The molecule has 2 rings (SSSR count). The van der Waals surface area contributed by atoms with Gasteiger partial charge in [0.15, 0.2) is 0 Å². The van der Waals surface area contributed by atoms with Gasteiger partial charge in [-0.05, 0) is 24.1 Å².